The zero-order valence-electron chi connectivity index (χ0n) is 7.18. The molecule has 0 bridgehead atoms. The molecule has 0 saturated carbocycles. The van der Waals surface area contributed by atoms with Gasteiger partial charge < -0.3 is 4.74 Å². The molecule has 62 valence electrons. The second kappa shape index (κ2) is 2.63. The zero-order valence-corrected chi connectivity index (χ0v) is 7.18. The lowest BCUT2D eigenvalue weighted by Crippen LogP contribution is -2.34. The molecular weight excluding hydrogens is 136 g/mol. The van der Waals surface area contributed by atoms with Crippen molar-refractivity contribution in [2.75, 3.05) is 6.61 Å². The fourth-order valence-electron chi connectivity index (χ4n) is 2.25. The van der Waals surface area contributed by atoms with E-state index in [9.17, 15) is 0 Å². The molecule has 0 aromatic heterocycles. The van der Waals surface area contributed by atoms with E-state index < -0.39 is 0 Å². The Labute approximate surface area is 68.4 Å². The van der Waals surface area contributed by atoms with Crippen LogP contribution in [0.15, 0.2) is 12.2 Å². The molecule has 0 N–H and O–H groups in total. The number of ether oxygens (including phenoxy) is 1. The van der Waals surface area contributed by atoms with Crippen molar-refractivity contribution in [3.05, 3.63) is 12.2 Å². The first-order valence-electron chi connectivity index (χ1n) is 4.62. The molecule has 11 heavy (non-hydrogen) atoms. The summed E-state index contributed by atoms with van der Waals surface area (Å²) in [5, 5.41) is 0. The van der Waals surface area contributed by atoms with Gasteiger partial charge in [-0.3, -0.25) is 0 Å². The zero-order chi connectivity index (χ0) is 7.73. The molecule has 1 spiro atoms. The predicted molar refractivity (Wildman–Crippen MR) is 45.5 cm³/mol. The van der Waals surface area contributed by atoms with Gasteiger partial charge in [0.2, 0.25) is 0 Å². The molecule has 2 rings (SSSR count). The quantitative estimate of drug-likeness (QED) is 0.485. The molecule has 0 aromatic carbocycles. The van der Waals surface area contributed by atoms with Gasteiger partial charge in [-0.1, -0.05) is 19.1 Å². The largest absolute Gasteiger partial charge is 0.374 e. The van der Waals surface area contributed by atoms with Crippen LogP contribution in [-0.4, -0.2) is 12.2 Å². The van der Waals surface area contributed by atoms with Gasteiger partial charge in [0, 0.05) is 6.61 Å². The molecule has 1 heteroatoms. The molecule has 1 heterocycles. The third kappa shape index (κ3) is 1.12. The van der Waals surface area contributed by atoms with Gasteiger partial charge in [0.05, 0.1) is 5.60 Å². The van der Waals surface area contributed by atoms with Crippen LogP contribution in [0.1, 0.15) is 32.6 Å². The Morgan fingerprint density at radius 3 is 2.91 bits per heavy atom. The summed E-state index contributed by atoms with van der Waals surface area (Å²) in [5.74, 6) is 0.771. The first kappa shape index (κ1) is 7.35. The Bertz CT molecular complexity index is 174. The van der Waals surface area contributed by atoms with Crippen LogP contribution in [0.5, 0.6) is 0 Å². The summed E-state index contributed by atoms with van der Waals surface area (Å²) < 4.78 is 5.84. The van der Waals surface area contributed by atoms with Crippen LogP contribution in [0.25, 0.3) is 0 Å². The van der Waals surface area contributed by atoms with Gasteiger partial charge in [-0.25, -0.2) is 0 Å². The minimum absolute atomic E-state index is 0.245. The second-order valence-corrected chi connectivity index (χ2v) is 3.82. The Kier molecular flexibility index (Phi) is 1.76. The molecule has 1 nitrogen and oxygen atoms in total. The summed E-state index contributed by atoms with van der Waals surface area (Å²) in [4.78, 5) is 0. The molecule has 0 aromatic rings. The van der Waals surface area contributed by atoms with Crippen molar-refractivity contribution >= 4 is 0 Å². The molecule has 1 saturated heterocycles. The molecule has 2 unspecified atom stereocenters. The van der Waals surface area contributed by atoms with E-state index in [-0.39, 0.29) is 5.60 Å². The highest BCUT2D eigenvalue weighted by Crippen LogP contribution is 2.40. The van der Waals surface area contributed by atoms with Gasteiger partial charge in [-0.15, -0.1) is 0 Å². The highest BCUT2D eigenvalue weighted by atomic mass is 16.5. The van der Waals surface area contributed by atoms with Gasteiger partial charge >= 0.3 is 0 Å². The van der Waals surface area contributed by atoms with E-state index in [0.29, 0.717) is 0 Å². The smallest absolute Gasteiger partial charge is 0.0745 e. The fourth-order valence-corrected chi connectivity index (χ4v) is 2.25. The monoisotopic (exact) mass is 152 g/mol. The van der Waals surface area contributed by atoms with E-state index in [1.165, 1.54) is 19.3 Å². The van der Waals surface area contributed by atoms with Crippen molar-refractivity contribution in [2.45, 2.75) is 38.2 Å². The highest BCUT2D eigenvalue weighted by Gasteiger charge is 2.40. The lowest BCUT2D eigenvalue weighted by Gasteiger charge is -2.33. The molecule has 2 aliphatic rings. The Hall–Kier alpha value is -0.300. The minimum Gasteiger partial charge on any atom is -0.374 e. The van der Waals surface area contributed by atoms with Crippen molar-refractivity contribution in [3.63, 3.8) is 0 Å². The number of rotatable bonds is 0. The van der Waals surface area contributed by atoms with Crippen LogP contribution in [-0.2, 0) is 4.74 Å². The molecule has 0 amide bonds. The molecule has 1 aliphatic heterocycles. The van der Waals surface area contributed by atoms with Crippen LogP contribution >= 0.6 is 0 Å². The molecule has 1 aliphatic carbocycles. The van der Waals surface area contributed by atoms with E-state index in [2.05, 4.69) is 19.1 Å². The predicted octanol–water partition coefficient (Wildman–Crippen LogP) is 2.52. The first-order valence-corrected chi connectivity index (χ1v) is 4.62. The van der Waals surface area contributed by atoms with Crippen molar-refractivity contribution < 1.29 is 4.74 Å². The number of allylic oxidation sites excluding steroid dienone is 1. The SMILES string of the molecule is CC1CCOC12CC=CCC2. The van der Waals surface area contributed by atoms with Crippen LogP contribution in [0, 0.1) is 5.92 Å². The molecule has 0 radical (unpaired) electrons. The van der Waals surface area contributed by atoms with Gasteiger partial charge in [-0.05, 0) is 31.6 Å². The van der Waals surface area contributed by atoms with E-state index in [1.807, 2.05) is 0 Å². The fraction of sp³-hybridized carbons (Fsp3) is 0.800. The Morgan fingerprint density at radius 2 is 2.36 bits per heavy atom. The van der Waals surface area contributed by atoms with Crippen LogP contribution in [0.2, 0.25) is 0 Å². The van der Waals surface area contributed by atoms with E-state index >= 15 is 0 Å². The van der Waals surface area contributed by atoms with E-state index in [1.54, 1.807) is 0 Å². The minimum atomic E-state index is 0.245. The maximum atomic E-state index is 5.84. The van der Waals surface area contributed by atoms with Crippen LogP contribution < -0.4 is 0 Å². The summed E-state index contributed by atoms with van der Waals surface area (Å²) in [5.41, 5.74) is 0.245. The van der Waals surface area contributed by atoms with Crippen LogP contribution in [0.3, 0.4) is 0 Å². The van der Waals surface area contributed by atoms with Crippen molar-refractivity contribution in [1.29, 1.82) is 0 Å². The average molecular weight is 152 g/mol. The van der Waals surface area contributed by atoms with Gasteiger partial charge in [0.1, 0.15) is 0 Å². The Balaban J connectivity index is 2.14. The number of hydrogen-bond donors (Lipinski definition) is 0. The average Bonchev–Trinajstić information content (AvgIpc) is 2.36. The second-order valence-electron chi connectivity index (χ2n) is 3.82. The summed E-state index contributed by atoms with van der Waals surface area (Å²) >= 11 is 0. The number of hydrogen-bond acceptors (Lipinski definition) is 1. The highest BCUT2D eigenvalue weighted by molar-refractivity contribution is 5.03. The molecular formula is C10H16O. The van der Waals surface area contributed by atoms with Crippen molar-refractivity contribution in [3.8, 4) is 0 Å². The summed E-state index contributed by atoms with van der Waals surface area (Å²) in [6.45, 7) is 3.31. The lowest BCUT2D eigenvalue weighted by atomic mass is 9.80. The van der Waals surface area contributed by atoms with Gasteiger partial charge in [0.15, 0.2) is 0 Å². The summed E-state index contributed by atoms with van der Waals surface area (Å²) in [7, 11) is 0. The third-order valence-corrected chi connectivity index (χ3v) is 3.20. The molecule has 1 fully saturated rings. The van der Waals surface area contributed by atoms with E-state index in [4.69, 9.17) is 4.74 Å². The summed E-state index contributed by atoms with van der Waals surface area (Å²) in [6.07, 6.45) is 9.42. The third-order valence-electron chi connectivity index (χ3n) is 3.20. The topological polar surface area (TPSA) is 9.23 Å². The molecule has 2 atom stereocenters. The Morgan fingerprint density at radius 1 is 1.45 bits per heavy atom. The van der Waals surface area contributed by atoms with Gasteiger partial charge in [0.25, 0.3) is 0 Å². The maximum absolute atomic E-state index is 5.84. The first-order chi connectivity index (χ1) is 5.33. The lowest BCUT2D eigenvalue weighted by molar-refractivity contribution is -0.0245. The van der Waals surface area contributed by atoms with Crippen molar-refractivity contribution in [1.82, 2.24) is 0 Å². The standard InChI is InChI=1S/C10H16O/c1-9-5-8-11-10(9)6-3-2-4-7-10/h2-3,9H,4-8H2,1H3. The van der Waals surface area contributed by atoms with Crippen molar-refractivity contribution in [2.24, 2.45) is 5.92 Å². The van der Waals surface area contributed by atoms with Gasteiger partial charge in [-0.2, -0.15) is 0 Å². The maximum Gasteiger partial charge on any atom is 0.0745 e. The van der Waals surface area contributed by atoms with E-state index in [0.717, 1.165) is 18.9 Å². The normalized spacial score (nSPS) is 43.5. The summed E-state index contributed by atoms with van der Waals surface area (Å²) in [6, 6.07) is 0. The van der Waals surface area contributed by atoms with Crippen LogP contribution in [0.4, 0.5) is 0 Å².